The fraction of sp³-hybridized carbons (Fsp3) is 0.600. The zero-order valence-electron chi connectivity index (χ0n) is 12.1. The van der Waals surface area contributed by atoms with Gasteiger partial charge in [0.2, 0.25) is 0 Å². The van der Waals surface area contributed by atoms with Crippen molar-refractivity contribution in [3.8, 4) is 5.75 Å². The molecule has 0 saturated carbocycles. The number of nitrogens with one attached hydrogen (secondary N) is 1. The van der Waals surface area contributed by atoms with Gasteiger partial charge in [0, 0.05) is 17.7 Å². The Kier molecular flexibility index (Phi) is 6.25. The van der Waals surface area contributed by atoms with Crippen molar-refractivity contribution in [2.75, 3.05) is 6.54 Å². The van der Waals surface area contributed by atoms with Crippen molar-refractivity contribution in [1.29, 1.82) is 0 Å². The Balaban J connectivity index is 2.74. The summed E-state index contributed by atoms with van der Waals surface area (Å²) < 4.78 is 19.5. The number of ether oxygens (including phenoxy) is 1. The van der Waals surface area contributed by atoms with Crippen molar-refractivity contribution in [1.82, 2.24) is 5.32 Å². The van der Waals surface area contributed by atoms with Gasteiger partial charge in [0.15, 0.2) is 0 Å². The van der Waals surface area contributed by atoms with E-state index in [0.717, 1.165) is 13.0 Å². The number of aliphatic hydroxyl groups excluding tert-OH is 1. The molecule has 3 unspecified atom stereocenters. The molecule has 2 N–H and O–H groups in total. The van der Waals surface area contributed by atoms with Crippen LogP contribution in [0.1, 0.15) is 45.7 Å². The highest BCUT2D eigenvalue weighted by atomic mass is 19.1. The molecule has 108 valence electrons. The first kappa shape index (κ1) is 15.9. The van der Waals surface area contributed by atoms with Crippen LogP contribution in [0.2, 0.25) is 0 Å². The number of benzene rings is 1. The molecule has 0 aliphatic rings. The first-order valence-corrected chi connectivity index (χ1v) is 6.83. The molecule has 0 fully saturated rings. The van der Waals surface area contributed by atoms with Crippen LogP contribution in [0.25, 0.3) is 0 Å². The van der Waals surface area contributed by atoms with Gasteiger partial charge in [-0.3, -0.25) is 0 Å². The zero-order valence-corrected chi connectivity index (χ0v) is 12.1. The molecule has 0 aliphatic heterocycles. The highest BCUT2D eigenvalue weighted by Crippen LogP contribution is 2.23. The molecular formula is C15H24FNO2. The predicted molar refractivity (Wildman–Crippen MR) is 74.9 cm³/mol. The van der Waals surface area contributed by atoms with Crippen LogP contribution in [-0.2, 0) is 0 Å². The second-order valence-electron chi connectivity index (χ2n) is 4.92. The van der Waals surface area contributed by atoms with Crippen molar-refractivity contribution >= 4 is 0 Å². The van der Waals surface area contributed by atoms with Gasteiger partial charge in [-0.15, -0.1) is 0 Å². The minimum absolute atomic E-state index is 0.0248. The van der Waals surface area contributed by atoms with Crippen LogP contribution in [0, 0.1) is 5.82 Å². The first-order valence-electron chi connectivity index (χ1n) is 6.83. The van der Waals surface area contributed by atoms with Gasteiger partial charge in [-0.05, 0) is 39.8 Å². The highest BCUT2D eigenvalue weighted by Gasteiger charge is 2.14. The second kappa shape index (κ2) is 7.46. The van der Waals surface area contributed by atoms with Gasteiger partial charge in [0.25, 0.3) is 0 Å². The summed E-state index contributed by atoms with van der Waals surface area (Å²) in [5.74, 6) is 0.156. The summed E-state index contributed by atoms with van der Waals surface area (Å²) in [5.41, 5.74) is 0.630. The molecule has 4 heteroatoms. The molecule has 0 saturated heterocycles. The molecule has 3 atom stereocenters. The predicted octanol–water partition coefficient (Wildman–Crippen LogP) is 3.03. The summed E-state index contributed by atoms with van der Waals surface area (Å²) in [4.78, 5) is 0. The summed E-state index contributed by atoms with van der Waals surface area (Å²) in [6.07, 6.45) is 0.0627. The molecule has 1 rings (SSSR count). The molecule has 1 aromatic carbocycles. The largest absolute Gasteiger partial charge is 0.488 e. The SMILES string of the molecule is CCCNC(C)c1ccc(OC(C)C(C)O)cc1F. The van der Waals surface area contributed by atoms with Gasteiger partial charge in [0.1, 0.15) is 17.7 Å². The van der Waals surface area contributed by atoms with Crippen LogP contribution in [0.15, 0.2) is 18.2 Å². The molecule has 19 heavy (non-hydrogen) atoms. The second-order valence-corrected chi connectivity index (χ2v) is 4.92. The molecular weight excluding hydrogens is 245 g/mol. The van der Waals surface area contributed by atoms with E-state index in [0.29, 0.717) is 11.3 Å². The minimum Gasteiger partial charge on any atom is -0.488 e. The van der Waals surface area contributed by atoms with Gasteiger partial charge in [-0.2, -0.15) is 0 Å². The van der Waals surface area contributed by atoms with Gasteiger partial charge < -0.3 is 15.2 Å². The van der Waals surface area contributed by atoms with Crippen molar-refractivity contribution in [3.05, 3.63) is 29.6 Å². The monoisotopic (exact) mass is 269 g/mol. The number of rotatable bonds is 7. The Morgan fingerprint density at radius 3 is 2.53 bits per heavy atom. The van der Waals surface area contributed by atoms with Crippen LogP contribution < -0.4 is 10.1 Å². The van der Waals surface area contributed by atoms with E-state index in [4.69, 9.17) is 4.74 Å². The third-order valence-electron chi connectivity index (χ3n) is 3.14. The lowest BCUT2D eigenvalue weighted by Gasteiger charge is -2.19. The van der Waals surface area contributed by atoms with Gasteiger partial charge in [-0.25, -0.2) is 4.39 Å². The molecule has 0 aliphatic carbocycles. The van der Waals surface area contributed by atoms with Gasteiger partial charge in [-0.1, -0.05) is 13.0 Å². The average Bonchev–Trinajstić information content (AvgIpc) is 2.35. The molecule has 0 heterocycles. The molecule has 3 nitrogen and oxygen atoms in total. The summed E-state index contributed by atoms with van der Waals surface area (Å²) in [6.45, 7) is 8.27. The van der Waals surface area contributed by atoms with E-state index in [9.17, 15) is 9.50 Å². The normalized spacial score (nSPS) is 15.9. The fourth-order valence-corrected chi connectivity index (χ4v) is 1.72. The summed E-state index contributed by atoms with van der Waals surface area (Å²) in [7, 11) is 0. The van der Waals surface area contributed by atoms with Crippen molar-refractivity contribution in [2.24, 2.45) is 0 Å². The maximum Gasteiger partial charge on any atom is 0.131 e. The molecule has 1 aromatic rings. The Hall–Kier alpha value is -1.13. The summed E-state index contributed by atoms with van der Waals surface area (Å²) in [5, 5.41) is 12.6. The van der Waals surface area contributed by atoms with Crippen LogP contribution in [-0.4, -0.2) is 23.9 Å². The Labute approximate surface area is 114 Å². The minimum atomic E-state index is -0.590. The van der Waals surface area contributed by atoms with E-state index in [1.54, 1.807) is 26.0 Å². The van der Waals surface area contributed by atoms with E-state index < -0.39 is 6.10 Å². The van der Waals surface area contributed by atoms with E-state index in [1.807, 2.05) is 6.92 Å². The van der Waals surface area contributed by atoms with Crippen LogP contribution in [0.5, 0.6) is 5.75 Å². The Bertz CT molecular complexity index is 396. The van der Waals surface area contributed by atoms with E-state index in [2.05, 4.69) is 12.2 Å². The molecule has 0 spiro atoms. The number of hydrogen-bond donors (Lipinski definition) is 2. The lowest BCUT2D eigenvalue weighted by atomic mass is 10.1. The molecule has 0 aromatic heterocycles. The van der Waals surface area contributed by atoms with Gasteiger partial charge >= 0.3 is 0 Å². The maximum absolute atomic E-state index is 14.0. The lowest BCUT2D eigenvalue weighted by Crippen LogP contribution is -2.25. The van der Waals surface area contributed by atoms with Crippen LogP contribution >= 0.6 is 0 Å². The lowest BCUT2D eigenvalue weighted by molar-refractivity contribution is 0.0602. The van der Waals surface area contributed by atoms with Crippen LogP contribution in [0.3, 0.4) is 0 Å². The van der Waals surface area contributed by atoms with E-state index in [1.165, 1.54) is 6.07 Å². The standard InChI is InChI=1S/C15H24FNO2/c1-5-8-17-10(2)14-7-6-13(9-15(14)16)19-12(4)11(3)18/h6-7,9-12,17-18H,5,8H2,1-4H3. The highest BCUT2D eigenvalue weighted by molar-refractivity contribution is 5.30. The van der Waals surface area contributed by atoms with E-state index >= 15 is 0 Å². The van der Waals surface area contributed by atoms with Crippen molar-refractivity contribution in [2.45, 2.75) is 52.4 Å². The summed E-state index contributed by atoms with van der Waals surface area (Å²) >= 11 is 0. The number of aliphatic hydroxyl groups is 1. The van der Waals surface area contributed by atoms with Crippen LogP contribution in [0.4, 0.5) is 4.39 Å². The van der Waals surface area contributed by atoms with Crippen molar-refractivity contribution < 1.29 is 14.2 Å². The average molecular weight is 269 g/mol. The third kappa shape index (κ3) is 4.80. The topological polar surface area (TPSA) is 41.5 Å². The number of hydrogen-bond acceptors (Lipinski definition) is 3. The van der Waals surface area contributed by atoms with Crippen molar-refractivity contribution in [3.63, 3.8) is 0 Å². The zero-order chi connectivity index (χ0) is 14.4. The fourth-order valence-electron chi connectivity index (χ4n) is 1.72. The maximum atomic E-state index is 14.0. The number of halogens is 1. The smallest absolute Gasteiger partial charge is 0.131 e. The molecule has 0 amide bonds. The molecule has 0 radical (unpaired) electrons. The first-order chi connectivity index (χ1) is 8.95. The Morgan fingerprint density at radius 1 is 1.32 bits per heavy atom. The van der Waals surface area contributed by atoms with E-state index in [-0.39, 0.29) is 18.0 Å². The van der Waals surface area contributed by atoms with Gasteiger partial charge in [0.05, 0.1) is 6.10 Å². The quantitative estimate of drug-likeness (QED) is 0.799. The summed E-state index contributed by atoms with van der Waals surface area (Å²) in [6, 6.07) is 4.81. The Morgan fingerprint density at radius 2 is 2.00 bits per heavy atom. The molecule has 0 bridgehead atoms. The third-order valence-corrected chi connectivity index (χ3v) is 3.14.